The quantitative estimate of drug-likeness (QED) is 0.786. The van der Waals surface area contributed by atoms with E-state index < -0.39 is 0 Å². The Morgan fingerprint density at radius 3 is 2.80 bits per heavy atom. The van der Waals surface area contributed by atoms with E-state index in [0.717, 1.165) is 11.1 Å². The molecule has 3 nitrogen and oxygen atoms in total. The van der Waals surface area contributed by atoms with Gasteiger partial charge in [0.05, 0.1) is 12.1 Å². The Morgan fingerprint density at radius 1 is 1.20 bits per heavy atom. The Bertz CT molecular complexity index is 673. The molecule has 102 valence electrons. The van der Waals surface area contributed by atoms with Gasteiger partial charge < -0.3 is 4.84 Å². The van der Waals surface area contributed by atoms with Gasteiger partial charge in [-0.05, 0) is 17.7 Å². The number of hydrogen-bond donors (Lipinski definition) is 0. The molecule has 0 saturated heterocycles. The highest BCUT2D eigenvalue weighted by Crippen LogP contribution is 2.32. The molecule has 0 aliphatic carbocycles. The molecule has 1 amide bonds. The summed E-state index contributed by atoms with van der Waals surface area (Å²) in [7, 11) is 0. The zero-order valence-corrected chi connectivity index (χ0v) is 12.0. The van der Waals surface area contributed by atoms with Gasteiger partial charge >= 0.3 is 0 Å². The van der Waals surface area contributed by atoms with E-state index in [2.05, 4.69) is 0 Å². The second kappa shape index (κ2) is 5.35. The Hall–Kier alpha value is -1.71. The molecule has 1 aliphatic rings. The van der Waals surface area contributed by atoms with Gasteiger partial charge in [0, 0.05) is 22.5 Å². The number of carbonyl (C=O) groups excluding carboxylic acids is 1. The first-order valence-corrected chi connectivity index (χ1v) is 7.03. The first-order valence-electron chi connectivity index (χ1n) is 6.12. The van der Waals surface area contributed by atoms with Crippen molar-refractivity contribution in [3.8, 4) is 5.75 Å². The van der Waals surface area contributed by atoms with Gasteiger partial charge in [-0.15, -0.1) is 16.7 Å². The van der Waals surface area contributed by atoms with Gasteiger partial charge in [0.2, 0.25) is 0 Å². The smallest absolute Gasteiger partial charge is 0.264 e. The van der Waals surface area contributed by atoms with Crippen LogP contribution < -0.4 is 9.90 Å². The fraction of sp³-hybridized carbons (Fsp3) is 0.133. The van der Waals surface area contributed by atoms with E-state index in [1.165, 1.54) is 5.06 Å². The van der Waals surface area contributed by atoms with Crippen LogP contribution in [0.5, 0.6) is 5.75 Å². The number of alkyl halides is 1. The fourth-order valence-corrected chi connectivity index (χ4v) is 2.54. The van der Waals surface area contributed by atoms with E-state index >= 15 is 0 Å². The highest BCUT2D eigenvalue weighted by atomic mass is 35.5. The second-order valence-corrected chi connectivity index (χ2v) is 5.17. The summed E-state index contributed by atoms with van der Waals surface area (Å²) in [6.07, 6.45) is 0.281. The third-order valence-corrected chi connectivity index (χ3v) is 3.66. The summed E-state index contributed by atoms with van der Waals surface area (Å²) in [5, 5.41) is 1.86. The molecule has 2 aromatic rings. The molecule has 1 aliphatic heterocycles. The molecule has 0 N–H and O–H groups in total. The van der Waals surface area contributed by atoms with Crippen molar-refractivity contribution in [2.24, 2.45) is 0 Å². The number of rotatable bonds is 2. The summed E-state index contributed by atoms with van der Waals surface area (Å²) in [5.74, 6) is 0.782. The van der Waals surface area contributed by atoms with Gasteiger partial charge in [-0.1, -0.05) is 35.9 Å². The van der Waals surface area contributed by atoms with Gasteiger partial charge in [-0.3, -0.25) is 4.79 Å². The van der Waals surface area contributed by atoms with Crippen LogP contribution in [-0.2, 0) is 17.1 Å². The monoisotopic (exact) mass is 307 g/mol. The molecular formula is C15H11Cl2NO2. The molecule has 2 aromatic carbocycles. The van der Waals surface area contributed by atoms with Crippen LogP contribution in [0.2, 0.25) is 5.02 Å². The molecule has 1 heterocycles. The maximum atomic E-state index is 12.2. The number of benzene rings is 2. The largest absolute Gasteiger partial charge is 0.372 e. The summed E-state index contributed by atoms with van der Waals surface area (Å²) in [4.78, 5) is 17.9. The second-order valence-electron chi connectivity index (χ2n) is 4.47. The van der Waals surface area contributed by atoms with Gasteiger partial charge in [0.25, 0.3) is 5.91 Å². The van der Waals surface area contributed by atoms with Crippen molar-refractivity contribution >= 4 is 34.8 Å². The van der Waals surface area contributed by atoms with Gasteiger partial charge in [0.1, 0.15) is 0 Å². The van der Waals surface area contributed by atoms with E-state index in [1.54, 1.807) is 18.2 Å². The average molecular weight is 308 g/mol. The molecule has 0 fully saturated rings. The summed E-state index contributed by atoms with van der Waals surface area (Å²) in [6, 6.07) is 12.7. The Balaban J connectivity index is 2.01. The number of anilines is 1. The Kier molecular flexibility index (Phi) is 3.55. The number of para-hydroxylation sites is 1. The lowest BCUT2D eigenvalue weighted by Crippen LogP contribution is -2.39. The number of fused-ring (bicyclic) bond motifs is 1. The van der Waals surface area contributed by atoms with Crippen LogP contribution >= 0.6 is 23.2 Å². The van der Waals surface area contributed by atoms with Crippen LogP contribution in [0.3, 0.4) is 0 Å². The third-order valence-electron chi connectivity index (χ3n) is 3.14. The molecule has 0 saturated carbocycles. The standard InChI is InChI=1S/C15H11Cl2NO2/c16-9-11-3-1-2-4-13(11)18-15(19)7-10-5-6-12(17)8-14(10)20-18/h1-6,8H,7,9H2. The van der Waals surface area contributed by atoms with Gasteiger partial charge in [-0.25, -0.2) is 0 Å². The van der Waals surface area contributed by atoms with Crippen molar-refractivity contribution in [2.45, 2.75) is 12.3 Å². The number of halogens is 2. The molecular weight excluding hydrogens is 297 g/mol. The molecule has 0 atom stereocenters. The van der Waals surface area contributed by atoms with Crippen molar-refractivity contribution < 1.29 is 9.63 Å². The molecule has 3 rings (SSSR count). The van der Waals surface area contributed by atoms with E-state index in [4.69, 9.17) is 28.0 Å². The highest BCUT2D eigenvalue weighted by Gasteiger charge is 2.27. The molecule has 20 heavy (non-hydrogen) atoms. The molecule has 0 bridgehead atoms. The molecule has 0 aromatic heterocycles. The first kappa shape index (κ1) is 13.3. The minimum atomic E-state index is -0.127. The van der Waals surface area contributed by atoms with Crippen molar-refractivity contribution in [1.29, 1.82) is 0 Å². The predicted molar refractivity (Wildman–Crippen MR) is 79.3 cm³/mol. The van der Waals surface area contributed by atoms with Crippen molar-refractivity contribution in [3.63, 3.8) is 0 Å². The lowest BCUT2D eigenvalue weighted by Gasteiger charge is -2.29. The summed E-state index contributed by atoms with van der Waals surface area (Å²) >= 11 is 11.9. The van der Waals surface area contributed by atoms with E-state index in [9.17, 15) is 4.79 Å². The van der Waals surface area contributed by atoms with Crippen LogP contribution in [-0.4, -0.2) is 5.91 Å². The topological polar surface area (TPSA) is 29.5 Å². The lowest BCUT2D eigenvalue weighted by molar-refractivity contribution is -0.123. The highest BCUT2D eigenvalue weighted by molar-refractivity contribution is 6.30. The van der Waals surface area contributed by atoms with Crippen LogP contribution in [0, 0.1) is 0 Å². The van der Waals surface area contributed by atoms with E-state index in [1.807, 2.05) is 24.3 Å². The number of carbonyl (C=O) groups is 1. The summed E-state index contributed by atoms with van der Waals surface area (Å²) < 4.78 is 0. The number of nitrogens with zero attached hydrogens (tertiary/aromatic N) is 1. The SMILES string of the molecule is O=C1Cc2ccc(Cl)cc2ON1c1ccccc1CCl. The predicted octanol–water partition coefficient (Wildman–Crippen LogP) is 3.96. The minimum absolute atomic E-state index is 0.127. The van der Waals surface area contributed by atoms with E-state index in [-0.39, 0.29) is 12.3 Å². The van der Waals surface area contributed by atoms with Gasteiger partial charge in [-0.2, -0.15) is 0 Å². The zero-order valence-electron chi connectivity index (χ0n) is 10.5. The van der Waals surface area contributed by atoms with Gasteiger partial charge in [0.15, 0.2) is 5.75 Å². The molecule has 0 spiro atoms. The maximum absolute atomic E-state index is 12.2. The maximum Gasteiger partial charge on any atom is 0.264 e. The van der Waals surface area contributed by atoms with Crippen molar-refractivity contribution in [3.05, 3.63) is 58.6 Å². The fourth-order valence-electron chi connectivity index (χ4n) is 2.15. The van der Waals surface area contributed by atoms with Crippen molar-refractivity contribution in [1.82, 2.24) is 0 Å². The third kappa shape index (κ3) is 2.35. The summed E-state index contributed by atoms with van der Waals surface area (Å²) in [5.41, 5.74) is 2.34. The molecule has 5 heteroatoms. The average Bonchev–Trinajstić information content (AvgIpc) is 2.47. The Morgan fingerprint density at radius 2 is 2.00 bits per heavy atom. The number of hydroxylamine groups is 1. The molecule has 0 radical (unpaired) electrons. The lowest BCUT2D eigenvalue weighted by atomic mass is 10.1. The van der Waals surface area contributed by atoms with Crippen LogP contribution in [0.4, 0.5) is 5.69 Å². The molecule has 0 unspecified atom stereocenters. The van der Waals surface area contributed by atoms with Crippen LogP contribution in [0.15, 0.2) is 42.5 Å². The number of hydrogen-bond acceptors (Lipinski definition) is 2. The Labute approximate surface area is 126 Å². The zero-order chi connectivity index (χ0) is 14.1. The summed E-state index contributed by atoms with van der Waals surface area (Å²) in [6.45, 7) is 0. The normalized spacial score (nSPS) is 13.9. The van der Waals surface area contributed by atoms with E-state index in [0.29, 0.717) is 22.3 Å². The minimum Gasteiger partial charge on any atom is -0.372 e. The van der Waals surface area contributed by atoms with Crippen molar-refractivity contribution in [2.75, 3.05) is 5.06 Å². The van der Waals surface area contributed by atoms with Crippen LogP contribution in [0.25, 0.3) is 0 Å². The first-order chi connectivity index (χ1) is 9.69. The number of amides is 1. The van der Waals surface area contributed by atoms with Crippen LogP contribution in [0.1, 0.15) is 11.1 Å².